The summed E-state index contributed by atoms with van der Waals surface area (Å²) in [5, 5.41) is 0. The first-order valence-corrected chi connectivity index (χ1v) is 11.4. The third kappa shape index (κ3) is 4.20. The van der Waals surface area contributed by atoms with Crippen LogP contribution in [0.25, 0.3) is 0 Å². The highest BCUT2D eigenvalue weighted by Gasteiger charge is 2.36. The van der Waals surface area contributed by atoms with Gasteiger partial charge in [0.05, 0.1) is 10.5 Å². The second-order valence-corrected chi connectivity index (χ2v) is 8.89. The van der Waals surface area contributed by atoms with Gasteiger partial charge < -0.3 is 0 Å². The predicted molar refractivity (Wildman–Crippen MR) is 116 cm³/mol. The summed E-state index contributed by atoms with van der Waals surface area (Å²) < 4.78 is 27.8. The van der Waals surface area contributed by atoms with Gasteiger partial charge in [-0.3, -0.25) is 24.2 Å². The van der Waals surface area contributed by atoms with Crippen molar-refractivity contribution >= 4 is 27.5 Å². The topological polar surface area (TPSA) is 96.4 Å². The maximum Gasteiger partial charge on any atom is 0.280 e. The summed E-state index contributed by atoms with van der Waals surface area (Å²) in [5.41, 5.74) is 2.93. The number of pyridine rings is 1. The first kappa shape index (κ1) is 20.7. The van der Waals surface area contributed by atoms with Crippen molar-refractivity contribution in [2.24, 2.45) is 0 Å². The predicted octanol–water partition coefficient (Wildman–Crippen LogP) is 3.28. The number of carbonyl (C=O) groups is 2. The number of fused-ring (bicyclic) bond motifs is 1. The lowest BCUT2D eigenvalue weighted by atomic mass is 10.1. The van der Waals surface area contributed by atoms with Crippen molar-refractivity contribution in [3.63, 3.8) is 0 Å². The SMILES string of the molecule is CCc1ccc(NS(=O)(=O)c2ccc(CCN3C(=O)c4cccnc4C3=O)cc2)cc1. The van der Waals surface area contributed by atoms with Crippen molar-refractivity contribution in [3.05, 3.63) is 89.2 Å². The molecule has 0 saturated heterocycles. The Balaban J connectivity index is 1.41. The van der Waals surface area contributed by atoms with Crippen LogP contribution < -0.4 is 4.72 Å². The number of rotatable bonds is 7. The molecule has 0 bridgehead atoms. The quantitative estimate of drug-likeness (QED) is 0.575. The first-order chi connectivity index (χ1) is 14.9. The van der Waals surface area contributed by atoms with Crippen molar-refractivity contribution in [3.8, 4) is 0 Å². The molecule has 0 radical (unpaired) electrons. The van der Waals surface area contributed by atoms with Crippen LogP contribution in [0.4, 0.5) is 5.69 Å². The maximum atomic E-state index is 12.6. The smallest absolute Gasteiger partial charge is 0.280 e. The van der Waals surface area contributed by atoms with E-state index in [1.54, 1.807) is 36.4 Å². The van der Waals surface area contributed by atoms with Gasteiger partial charge in [-0.25, -0.2) is 8.42 Å². The minimum Gasteiger partial charge on any atom is -0.280 e. The summed E-state index contributed by atoms with van der Waals surface area (Å²) in [6, 6.07) is 16.9. The number of benzene rings is 2. The van der Waals surface area contributed by atoms with Gasteiger partial charge in [-0.1, -0.05) is 31.2 Å². The van der Waals surface area contributed by atoms with Crippen LogP contribution in [-0.4, -0.2) is 36.7 Å². The summed E-state index contributed by atoms with van der Waals surface area (Å²) >= 11 is 0. The normalized spacial score (nSPS) is 13.4. The van der Waals surface area contributed by atoms with Crippen LogP contribution in [0.3, 0.4) is 0 Å². The number of aromatic nitrogens is 1. The molecule has 158 valence electrons. The Bertz CT molecular complexity index is 1200. The van der Waals surface area contributed by atoms with Gasteiger partial charge >= 0.3 is 0 Å². The Morgan fingerprint density at radius 3 is 2.23 bits per heavy atom. The van der Waals surface area contributed by atoms with E-state index in [-0.39, 0.29) is 23.0 Å². The zero-order valence-corrected chi connectivity index (χ0v) is 17.7. The molecule has 2 aromatic carbocycles. The highest BCUT2D eigenvalue weighted by molar-refractivity contribution is 7.92. The Labute approximate surface area is 180 Å². The van der Waals surface area contributed by atoms with E-state index in [2.05, 4.69) is 9.71 Å². The van der Waals surface area contributed by atoms with Crippen LogP contribution in [0.5, 0.6) is 0 Å². The third-order valence-corrected chi connectivity index (χ3v) is 6.60. The van der Waals surface area contributed by atoms with Gasteiger partial charge in [0, 0.05) is 18.4 Å². The molecule has 0 fully saturated rings. The van der Waals surface area contributed by atoms with E-state index in [1.807, 2.05) is 19.1 Å². The number of hydrogen-bond donors (Lipinski definition) is 1. The summed E-state index contributed by atoms with van der Waals surface area (Å²) in [4.78, 5) is 30.1. The number of nitrogens with zero attached hydrogens (tertiary/aromatic N) is 2. The standard InChI is InChI=1S/C23H21N3O4S/c1-2-16-5-9-18(10-6-16)25-31(29,30)19-11-7-17(8-12-19)13-15-26-22(27)20-4-3-14-24-21(20)23(26)28/h3-12,14,25H,2,13,15H2,1H3. The molecular weight excluding hydrogens is 414 g/mol. The van der Waals surface area contributed by atoms with E-state index in [4.69, 9.17) is 0 Å². The molecule has 1 N–H and O–H groups in total. The molecule has 0 spiro atoms. The second-order valence-electron chi connectivity index (χ2n) is 7.21. The van der Waals surface area contributed by atoms with Gasteiger partial charge in [-0.05, 0) is 60.4 Å². The molecule has 0 unspecified atom stereocenters. The van der Waals surface area contributed by atoms with E-state index >= 15 is 0 Å². The van der Waals surface area contributed by atoms with Crippen molar-refractivity contribution in [1.29, 1.82) is 0 Å². The molecule has 4 rings (SSSR count). The molecule has 0 saturated carbocycles. The fraction of sp³-hybridized carbons (Fsp3) is 0.174. The van der Waals surface area contributed by atoms with Crippen LogP contribution in [0, 0.1) is 0 Å². The number of aryl methyl sites for hydroxylation is 1. The van der Waals surface area contributed by atoms with Crippen LogP contribution in [-0.2, 0) is 22.9 Å². The molecule has 31 heavy (non-hydrogen) atoms. The van der Waals surface area contributed by atoms with Crippen molar-refractivity contribution in [1.82, 2.24) is 9.88 Å². The molecule has 8 heteroatoms. The first-order valence-electron chi connectivity index (χ1n) is 9.91. The highest BCUT2D eigenvalue weighted by Crippen LogP contribution is 2.21. The fourth-order valence-electron chi connectivity index (χ4n) is 3.42. The molecule has 1 aromatic heterocycles. The largest absolute Gasteiger partial charge is 0.280 e. The Hall–Kier alpha value is -3.52. The van der Waals surface area contributed by atoms with Crippen LogP contribution in [0.2, 0.25) is 0 Å². The second kappa shape index (κ2) is 8.31. The van der Waals surface area contributed by atoms with E-state index < -0.39 is 15.9 Å². The summed E-state index contributed by atoms with van der Waals surface area (Å²) in [6.07, 6.45) is 2.78. The molecule has 7 nitrogen and oxygen atoms in total. The molecule has 0 atom stereocenters. The molecule has 1 aliphatic heterocycles. The van der Waals surface area contributed by atoms with Gasteiger partial charge in [0.2, 0.25) is 0 Å². The monoisotopic (exact) mass is 435 g/mol. The number of imide groups is 1. The fourth-order valence-corrected chi connectivity index (χ4v) is 4.47. The molecule has 3 aromatic rings. The number of hydrogen-bond acceptors (Lipinski definition) is 5. The molecule has 1 aliphatic rings. The van der Waals surface area contributed by atoms with Gasteiger partial charge in [0.25, 0.3) is 21.8 Å². The van der Waals surface area contributed by atoms with Crippen molar-refractivity contribution in [2.75, 3.05) is 11.3 Å². The lowest BCUT2D eigenvalue weighted by Crippen LogP contribution is -2.31. The number of anilines is 1. The number of carbonyl (C=O) groups excluding carboxylic acids is 2. The zero-order chi connectivity index (χ0) is 22.0. The van der Waals surface area contributed by atoms with Crippen LogP contribution >= 0.6 is 0 Å². The molecular formula is C23H21N3O4S. The van der Waals surface area contributed by atoms with E-state index in [0.717, 1.165) is 17.5 Å². The van der Waals surface area contributed by atoms with Gasteiger partial charge in [0.15, 0.2) is 0 Å². The zero-order valence-electron chi connectivity index (χ0n) is 16.9. The van der Waals surface area contributed by atoms with E-state index in [1.165, 1.54) is 23.2 Å². The number of amides is 2. The summed E-state index contributed by atoms with van der Waals surface area (Å²) in [7, 11) is -3.71. The molecule has 2 heterocycles. The van der Waals surface area contributed by atoms with Crippen LogP contribution in [0.15, 0.2) is 71.8 Å². The van der Waals surface area contributed by atoms with E-state index in [0.29, 0.717) is 17.7 Å². The molecule has 0 aliphatic carbocycles. The van der Waals surface area contributed by atoms with Gasteiger partial charge in [0.1, 0.15) is 5.69 Å². The molecule has 2 amide bonds. The van der Waals surface area contributed by atoms with Gasteiger partial charge in [-0.2, -0.15) is 0 Å². The maximum absolute atomic E-state index is 12.6. The lowest BCUT2D eigenvalue weighted by molar-refractivity contribution is 0.0654. The van der Waals surface area contributed by atoms with Gasteiger partial charge in [-0.15, -0.1) is 0 Å². The highest BCUT2D eigenvalue weighted by atomic mass is 32.2. The Morgan fingerprint density at radius 2 is 1.58 bits per heavy atom. The van der Waals surface area contributed by atoms with Crippen molar-refractivity contribution < 1.29 is 18.0 Å². The van der Waals surface area contributed by atoms with E-state index in [9.17, 15) is 18.0 Å². The number of sulfonamides is 1. The Morgan fingerprint density at radius 1 is 0.903 bits per heavy atom. The minimum atomic E-state index is -3.71. The lowest BCUT2D eigenvalue weighted by Gasteiger charge is -2.14. The van der Waals surface area contributed by atoms with Crippen molar-refractivity contribution in [2.45, 2.75) is 24.7 Å². The number of nitrogens with one attached hydrogen (secondary N) is 1. The summed E-state index contributed by atoms with van der Waals surface area (Å²) in [5.74, 6) is -0.760. The third-order valence-electron chi connectivity index (χ3n) is 5.20. The Kier molecular flexibility index (Phi) is 5.56. The summed E-state index contributed by atoms with van der Waals surface area (Å²) in [6.45, 7) is 2.23. The average molecular weight is 436 g/mol. The average Bonchev–Trinajstić information content (AvgIpc) is 3.03. The minimum absolute atomic E-state index is 0.140. The van der Waals surface area contributed by atoms with Crippen LogP contribution in [0.1, 0.15) is 38.9 Å².